The molecule has 0 saturated heterocycles. The number of aryl methyl sites for hydroxylation is 1. The van der Waals surface area contributed by atoms with E-state index >= 15 is 0 Å². The second-order valence-corrected chi connectivity index (χ2v) is 5.25. The van der Waals surface area contributed by atoms with Crippen molar-refractivity contribution in [3.05, 3.63) is 12.2 Å². The van der Waals surface area contributed by atoms with Crippen LogP contribution in [0.15, 0.2) is 6.33 Å². The quantitative estimate of drug-likeness (QED) is 0.817. The first kappa shape index (κ1) is 13.5. The van der Waals surface area contributed by atoms with Crippen LogP contribution in [0.5, 0.6) is 0 Å². The Labute approximate surface area is 110 Å². The van der Waals surface area contributed by atoms with Crippen LogP contribution in [0.2, 0.25) is 0 Å². The predicted octanol–water partition coefficient (Wildman–Crippen LogP) is 3.06. The van der Waals surface area contributed by atoms with Crippen molar-refractivity contribution in [2.24, 2.45) is 0 Å². The van der Waals surface area contributed by atoms with Crippen LogP contribution in [-0.2, 0) is 6.54 Å². The zero-order chi connectivity index (χ0) is 12.8. The predicted molar refractivity (Wildman–Crippen MR) is 73.4 cm³/mol. The van der Waals surface area contributed by atoms with E-state index in [4.69, 9.17) is 0 Å². The van der Waals surface area contributed by atoms with Gasteiger partial charge in [0.25, 0.3) is 0 Å². The monoisotopic (exact) mass is 250 g/mol. The lowest BCUT2D eigenvalue weighted by atomic mass is 10.1. The van der Waals surface area contributed by atoms with Gasteiger partial charge < -0.3 is 5.32 Å². The molecule has 102 valence electrons. The molecule has 1 atom stereocenters. The van der Waals surface area contributed by atoms with Gasteiger partial charge in [-0.25, -0.2) is 9.67 Å². The Morgan fingerprint density at radius 1 is 1.28 bits per heavy atom. The molecule has 2 rings (SSSR count). The summed E-state index contributed by atoms with van der Waals surface area (Å²) < 4.78 is 2.01. The number of hydrogen-bond donors (Lipinski definition) is 1. The molecule has 0 unspecified atom stereocenters. The number of hydrogen-bond acceptors (Lipinski definition) is 3. The summed E-state index contributed by atoms with van der Waals surface area (Å²) in [4.78, 5) is 4.44. The third-order valence-electron chi connectivity index (χ3n) is 3.96. The second-order valence-electron chi connectivity index (χ2n) is 5.25. The molecule has 1 aliphatic rings. The molecule has 4 nitrogen and oxygen atoms in total. The van der Waals surface area contributed by atoms with Gasteiger partial charge in [-0.15, -0.1) is 0 Å². The Morgan fingerprint density at radius 3 is 2.61 bits per heavy atom. The summed E-state index contributed by atoms with van der Waals surface area (Å²) in [7, 11) is 0. The van der Waals surface area contributed by atoms with Gasteiger partial charge in [-0.1, -0.05) is 32.6 Å². The molecule has 1 N–H and O–H groups in total. The molecule has 0 bridgehead atoms. The summed E-state index contributed by atoms with van der Waals surface area (Å²) in [5.74, 6) is 1.10. The Kier molecular flexibility index (Phi) is 5.17. The molecule has 1 aromatic rings. The molecule has 0 amide bonds. The number of aromatic nitrogens is 3. The summed E-state index contributed by atoms with van der Waals surface area (Å²) >= 11 is 0. The fraction of sp³-hybridized carbons (Fsp3) is 0.857. The van der Waals surface area contributed by atoms with Gasteiger partial charge in [0.05, 0.1) is 6.04 Å². The highest BCUT2D eigenvalue weighted by Crippen LogP contribution is 2.21. The molecule has 0 spiro atoms. The van der Waals surface area contributed by atoms with E-state index in [1.54, 1.807) is 6.33 Å². The lowest BCUT2D eigenvalue weighted by molar-refractivity contribution is 0.369. The maximum atomic E-state index is 4.44. The Bertz CT molecular complexity index is 339. The van der Waals surface area contributed by atoms with Crippen molar-refractivity contribution in [1.29, 1.82) is 0 Å². The van der Waals surface area contributed by atoms with Crippen LogP contribution in [0.1, 0.15) is 70.7 Å². The maximum Gasteiger partial charge on any atom is 0.143 e. The van der Waals surface area contributed by atoms with Crippen molar-refractivity contribution in [2.75, 3.05) is 0 Å². The molecule has 1 heterocycles. The summed E-state index contributed by atoms with van der Waals surface area (Å²) in [5, 5.41) is 8.08. The minimum absolute atomic E-state index is 0.357. The largest absolute Gasteiger partial charge is 0.305 e. The van der Waals surface area contributed by atoms with E-state index in [0.29, 0.717) is 12.1 Å². The van der Waals surface area contributed by atoms with E-state index in [2.05, 4.69) is 29.2 Å². The second kappa shape index (κ2) is 6.88. The lowest BCUT2D eigenvalue weighted by Crippen LogP contribution is -2.33. The molecule has 1 fully saturated rings. The van der Waals surface area contributed by atoms with Crippen molar-refractivity contribution in [3.63, 3.8) is 0 Å². The first-order chi connectivity index (χ1) is 8.85. The zero-order valence-electron chi connectivity index (χ0n) is 11.7. The normalized spacial score (nSPS) is 19.7. The number of rotatable bonds is 5. The van der Waals surface area contributed by atoms with Crippen LogP contribution in [0, 0.1) is 0 Å². The topological polar surface area (TPSA) is 42.7 Å². The van der Waals surface area contributed by atoms with Gasteiger partial charge in [0.1, 0.15) is 12.2 Å². The Morgan fingerprint density at radius 2 is 2.00 bits per heavy atom. The fourth-order valence-electron chi connectivity index (χ4n) is 2.89. The van der Waals surface area contributed by atoms with Gasteiger partial charge in [0.2, 0.25) is 0 Å². The average Bonchev–Trinajstić information content (AvgIpc) is 2.72. The molecule has 4 heteroatoms. The highest BCUT2D eigenvalue weighted by atomic mass is 15.3. The van der Waals surface area contributed by atoms with Crippen LogP contribution >= 0.6 is 0 Å². The lowest BCUT2D eigenvalue weighted by Gasteiger charge is -2.23. The fourth-order valence-corrected chi connectivity index (χ4v) is 2.89. The van der Waals surface area contributed by atoms with Crippen molar-refractivity contribution >= 4 is 0 Å². The first-order valence-electron chi connectivity index (χ1n) is 7.48. The van der Waals surface area contributed by atoms with Crippen LogP contribution < -0.4 is 5.32 Å². The van der Waals surface area contributed by atoms with Crippen LogP contribution in [0.3, 0.4) is 0 Å². The van der Waals surface area contributed by atoms with Gasteiger partial charge >= 0.3 is 0 Å². The van der Waals surface area contributed by atoms with Crippen molar-refractivity contribution in [2.45, 2.75) is 77.4 Å². The van der Waals surface area contributed by atoms with E-state index < -0.39 is 0 Å². The highest BCUT2D eigenvalue weighted by Gasteiger charge is 2.20. The molecule has 18 heavy (non-hydrogen) atoms. The van der Waals surface area contributed by atoms with Crippen molar-refractivity contribution in [1.82, 2.24) is 20.1 Å². The minimum Gasteiger partial charge on any atom is -0.305 e. The average molecular weight is 250 g/mol. The van der Waals surface area contributed by atoms with Gasteiger partial charge in [-0.3, -0.25) is 0 Å². The van der Waals surface area contributed by atoms with Crippen molar-refractivity contribution in [3.8, 4) is 0 Å². The zero-order valence-corrected chi connectivity index (χ0v) is 11.7. The van der Waals surface area contributed by atoms with E-state index in [1.165, 1.54) is 38.5 Å². The Balaban J connectivity index is 1.99. The molecule has 0 aliphatic heterocycles. The molecule has 1 aliphatic carbocycles. The maximum absolute atomic E-state index is 4.44. The molecule has 0 aromatic carbocycles. The number of nitrogens with zero attached hydrogens (tertiary/aromatic N) is 3. The van der Waals surface area contributed by atoms with Crippen LogP contribution in [-0.4, -0.2) is 20.8 Å². The van der Waals surface area contributed by atoms with Gasteiger partial charge in [0, 0.05) is 12.6 Å². The van der Waals surface area contributed by atoms with Crippen LogP contribution in [0.25, 0.3) is 0 Å². The smallest absolute Gasteiger partial charge is 0.143 e. The molecular formula is C14H26N4. The summed E-state index contributed by atoms with van der Waals surface area (Å²) in [6.45, 7) is 5.25. The summed E-state index contributed by atoms with van der Waals surface area (Å²) in [6, 6.07) is 1.02. The SMILES string of the molecule is CC[C@H](NC1CCCCCC1)c1ncnn1CC. The van der Waals surface area contributed by atoms with Crippen LogP contribution in [0.4, 0.5) is 0 Å². The van der Waals surface area contributed by atoms with Gasteiger partial charge in [-0.05, 0) is 26.2 Å². The molecule has 1 aromatic heterocycles. The number of nitrogens with one attached hydrogen (secondary N) is 1. The van der Waals surface area contributed by atoms with E-state index in [0.717, 1.165) is 18.8 Å². The molecule has 1 saturated carbocycles. The van der Waals surface area contributed by atoms with E-state index in [9.17, 15) is 0 Å². The Hall–Kier alpha value is -0.900. The van der Waals surface area contributed by atoms with E-state index in [1.807, 2.05) is 4.68 Å². The van der Waals surface area contributed by atoms with Gasteiger partial charge in [-0.2, -0.15) is 5.10 Å². The molecule has 0 radical (unpaired) electrons. The third kappa shape index (κ3) is 3.31. The minimum atomic E-state index is 0.357. The molecular weight excluding hydrogens is 224 g/mol. The van der Waals surface area contributed by atoms with E-state index in [-0.39, 0.29) is 0 Å². The summed E-state index contributed by atoms with van der Waals surface area (Å²) in [5.41, 5.74) is 0. The first-order valence-corrected chi connectivity index (χ1v) is 7.48. The van der Waals surface area contributed by atoms with Gasteiger partial charge in [0.15, 0.2) is 0 Å². The summed E-state index contributed by atoms with van der Waals surface area (Å²) in [6.07, 6.45) is 10.9. The third-order valence-corrected chi connectivity index (χ3v) is 3.96. The standard InChI is InChI=1S/C14H26N4/c1-3-13(14-15-11-16-18(14)4-2)17-12-9-7-5-6-8-10-12/h11-13,17H,3-10H2,1-2H3/t13-/m0/s1. The highest BCUT2D eigenvalue weighted by molar-refractivity contribution is 4.95. The van der Waals surface area contributed by atoms with Crippen molar-refractivity contribution < 1.29 is 0 Å².